The highest BCUT2D eigenvalue weighted by molar-refractivity contribution is 9.10. The number of carbonyl (C=O) groups excluding carboxylic acids is 2. The van der Waals surface area contributed by atoms with Crippen molar-refractivity contribution in [3.05, 3.63) is 0 Å². The van der Waals surface area contributed by atoms with Crippen molar-refractivity contribution < 1.29 is 14.3 Å². The van der Waals surface area contributed by atoms with Crippen molar-refractivity contribution in [2.75, 3.05) is 26.7 Å². The quantitative estimate of drug-likeness (QED) is 0.333. The molecule has 82 valence electrons. The number of rotatable bonds is 6. The summed E-state index contributed by atoms with van der Waals surface area (Å²) in [6.45, 7) is 1.41. The highest BCUT2D eigenvalue weighted by Gasteiger charge is 2.13. The molecular formula is C7H14BrN3O3. The van der Waals surface area contributed by atoms with Crippen LogP contribution in [0.15, 0.2) is 0 Å². The van der Waals surface area contributed by atoms with Crippen LogP contribution in [0.5, 0.6) is 0 Å². The maximum absolute atomic E-state index is 10.9. The summed E-state index contributed by atoms with van der Waals surface area (Å²) in [5, 5.41) is 5.35. The Labute approximate surface area is 90.7 Å². The second-order valence-electron chi connectivity index (χ2n) is 2.49. The molecule has 2 amide bonds. The number of carbonyl (C=O) groups is 2. The molecular weight excluding hydrogens is 254 g/mol. The lowest BCUT2D eigenvalue weighted by Crippen LogP contribution is -2.38. The van der Waals surface area contributed by atoms with Gasteiger partial charge in [-0.15, -0.1) is 0 Å². The monoisotopic (exact) mass is 267 g/mol. The van der Waals surface area contributed by atoms with Crippen molar-refractivity contribution >= 4 is 27.9 Å². The van der Waals surface area contributed by atoms with Crippen molar-refractivity contribution in [1.82, 2.24) is 10.6 Å². The molecule has 0 saturated carbocycles. The van der Waals surface area contributed by atoms with Crippen LogP contribution in [0.2, 0.25) is 0 Å². The molecule has 0 aromatic rings. The Kier molecular flexibility index (Phi) is 7.13. The largest absolute Gasteiger partial charge is 0.468 e. The van der Waals surface area contributed by atoms with Crippen LogP contribution in [0.1, 0.15) is 0 Å². The van der Waals surface area contributed by atoms with Gasteiger partial charge in [-0.1, -0.05) is 15.9 Å². The number of nitrogens with one attached hydrogen (secondary N) is 2. The number of amides is 2. The number of esters is 1. The predicted octanol–water partition coefficient (Wildman–Crippen LogP) is -0.819. The molecule has 6 nitrogen and oxygen atoms in total. The van der Waals surface area contributed by atoms with Crippen molar-refractivity contribution in [1.29, 1.82) is 0 Å². The Hall–Kier alpha value is -0.820. The third-order valence-electron chi connectivity index (χ3n) is 1.38. The molecule has 4 N–H and O–H groups in total. The number of hydrogen-bond donors (Lipinski definition) is 3. The van der Waals surface area contributed by atoms with Crippen LogP contribution in [0.4, 0.5) is 4.79 Å². The zero-order valence-corrected chi connectivity index (χ0v) is 9.46. The maximum atomic E-state index is 10.9. The van der Waals surface area contributed by atoms with E-state index >= 15 is 0 Å². The van der Waals surface area contributed by atoms with Gasteiger partial charge >= 0.3 is 12.0 Å². The summed E-state index contributed by atoms with van der Waals surface area (Å²) in [6, 6.07) is -0.560. The molecule has 0 rings (SSSR count). The zero-order chi connectivity index (χ0) is 11.0. The van der Waals surface area contributed by atoms with Gasteiger partial charge in [-0.05, 0) is 0 Å². The summed E-state index contributed by atoms with van der Waals surface area (Å²) in [7, 11) is 1.32. The molecule has 0 fully saturated rings. The maximum Gasteiger partial charge on any atom is 0.320 e. The highest BCUT2D eigenvalue weighted by Crippen LogP contribution is 1.99. The number of primary amides is 1. The number of hydrogen-bond acceptors (Lipinski definition) is 4. The van der Waals surface area contributed by atoms with E-state index in [1.807, 2.05) is 0 Å². The van der Waals surface area contributed by atoms with Crippen LogP contribution in [0.25, 0.3) is 0 Å². The summed E-state index contributed by atoms with van der Waals surface area (Å²) >= 11 is 3.14. The Morgan fingerprint density at radius 2 is 2.14 bits per heavy atom. The van der Waals surface area contributed by atoms with Crippen LogP contribution >= 0.6 is 15.9 Å². The minimum atomic E-state index is -0.560. The normalized spacial score (nSPS) is 11.9. The van der Waals surface area contributed by atoms with E-state index in [4.69, 9.17) is 5.73 Å². The van der Waals surface area contributed by atoms with E-state index < -0.39 is 6.03 Å². The van der Waals surface area contributed by atoms with E-state index in [9.17, 15) is 9.59 Å². The van der Waals surface area contributed by atoms with Crippen molar-refractivity contribution in [3.8, 4) is 0 Å². The third kappa shape index (κ3) is 6.67. The van der Waals surface area contributed by atoms with E-state index in [1.165, 1.54) is 7.11 Å². The second-order valence-corrected chi connectivity index (χ2v) is 3.59. The fraction of sp³-hybridized carbons (Fsp3) is 0.714. The summed E-state index contributed by atoms with van der Waals surface area (Å²) in [6.07, 6.45) is 0. The van der Waals surface area contributed by atoms with Crippen molar-refractivity contribution in [2.24, 2.45) is 5.73 Å². The molecule has 0 heterocycles. The first-order valence-electron chi connectivity index (χ1n) is 4.04. The number of nitrogens with two attached hydrogens (primary N) is 1. The molecule has 0 saturated heterocycles. The fourth-order valence-electron chi connectivity index (χ4n) is 0.714. The minimum Gasteiger partial charge on any atom is -0.468 e. The van der Waals surface area contributed by atoms with Gasteiger partial charge in [0.15, 0.2) is 0 Å². The molecule has 7 heteroatoms. The zero-order valence-electron chi connectivity index (χ0n) is 7.88. The standard InChI is InChI=1S/C7H14BrN3O3/c1-14-6(12)5(8)4-10-2-3-11-7(9)13/h5,10H,2-4H2,1H3,(H3,9,11,13). The first kappa shape index (κ1) is 13.2. The van der Waals surface area contributed by atoms with Gasteiger partial charge in [0.05, 0.1) is 7.11 Å². The summed E-state index contributed by atoms with van der Waals surface area (Å²) < 4.78 is 4.49. The molecule has 0 aliphatic heterocycles. The van der Waals surface area contributed by atoms with Gasteiger partial charge in [-0.2, -0.15) is 0 Å². The number of methoxy groups -OCH3 is 1. The summed E-state index contributed by atoms with van der Waals surface area (Å²) in [5.41, 5.74) is 4.84. The molecule has 1 unspecified atom stereocenters. The van der Waals surface area contributed by atoms with Gasteiger partial charge in [-0.25, -0.2) is 4.79 Å². The smallest absolute Gasteiger partial charge is 0.320 e. The molecule has 0 aromatic carbocycles. The molecule has 0 radical (unpaired) electrons. The lowest BCUT2D eigenvalue weighted by molar-refractivity contribution is -0.139. The van der Waals surface area contributed by atoms with E-state index in [-0.39, 0.29) is 10.8 Å². The Morgan fingerprint density at radius 3 is 2.64 bits per heavy atom. The van der Waals surface area contributed by atoms with Crippen molar-refractivity contribution in [3.63, 3.8) is 0 Å². The van der Waals surface area contributed by atoms with Gasteiger partial charge in [0.2, 0.25) is 0 Å². The van der Waals surface area contributed by atoms with Crippen LogP contribution in [0, 0.1) is 0 Å². The molecule has 1 atom stereocenters. The second kappa shape index (κ2) is 7.57. The van der Waals surface area contributed by atoms with Gasteiger partial charge in [-0.3, -0.25) is 4.79 Å². The van der Waals surface area contributed by atoms with E-state index in [0.717, 1.165) is 0 Å². The van der Waals surface area contributed by atoms with Gasteiger partial charge in [0.1, 0.15) is 4.83 Å². The van der Waals surface area contributed by atoms with Crippen LogP contribution < -0.4 is 16.4 Å². The number of halogens is 1. The van der Waals surface area contributed by atoms with Crippen LogP contribution in [-0.4, -0.2) is 43.6 Å². The predicted molar refractivity (Wildman–Crippen MR) is 55.2 cm³/mol. The topological polar surface area (TPSA) is 93.4 Å². The highest BCUT2D eigenvalue weighted by atomic mass is 79.9. The van der Waals surface area contributed by atoms with E-state index in [1.54, 1.807) is 0 Å². The average molecular weight is 268 g/mol. The summed E-state index contributed by atoms with van der Waals surface area (Å²) in [4.78, 5) is 20.8. The number of alkyl halides is 1. The Balaban J connectivity index is 3.36. The van der Waals surface area contributed by atoms with Gasteiger partial charge < -0.3 is 21.1 Å². The first-order chi connectivity index (χ1) is 6.57. The van der Waals surface area contributed by atoms with Crippen LogP contribution in [0.3, 0.4) is 0 Å². The lowest BCUT2D eigenvalue weighted by atomic mass is 10.4. The summed E-state index contributed by atoms with van der Waals surface area (Å²) in [5.74, 6) is -0.333. The molecule has 0 spiro atoms. The van der Waals surface area contributed by atoms with E-state index in [2.05, 4.69) is 31.3 Å². The Bertz CT molecular complexity index is 201. The molecule has 14 heavy (non-hydrogen) atoms. The first-order valence-corrected chi connectivity index (χ1v) is 4.95. The van der Waals surface area contributed by atoms with Crippen LogP contribution in [-0.2, 0) is 9.53 Å². The Morgan fingerprint density at radius 1 is 1.50 bits per heavy atom. The molecule has 0 aliphatic carbocycles. The van der Waals surface area contributed by atoms with E-state index in [0.29, 0.717) is 19.6 Å². The minimum absolute atomic E-state index is 0.333. The third-order valence-corrected chi connectivity index (χ3v) is 2.08. The molecule has 0 aromatic heterocycles. The average Bonchev–Trinajstić information content (AvgIpc) is 2.15. The van der Waals surface area contributed by atoms with Gasteiger partial charge in [0.25, 0.3) is 0 Å². The lowest BCUT2D eigenvalue weighted by Gasteiger charge is -2.08. The number of ether oxygens (including phenoxy) is 1. The molecule has 0 aliphatic rings. The molecule has 0 bridgehead atoms. The van der Waals surface area contributed by atoms with Crippen molar-refractivity contribution in [2.45, 2.75) is 4.83 Å². The number of urea groups is 1. The van der Waals surface area contributed by atoms with Gasteiger partial charge in [0, 0.05) is 19.6 Å². The SMILES string of the molecule is COC(=O)C(Br)CNCCNC(N)=O. The fourth-order valence-corrected chi connectivity index (χ4v) is 1.13.